The summed E-state index contributed by atoms with van der Waals surface area (Å²) in [5.74, 6) is 0. The zero-order valence-corrected chi connectivity index (χ0v) is 19.6. The van der Waals surface area contributed by atoms with Crippen LogP contribution in [0.3, 0.4) is 0 Å². The predicted molar refractivity (Wildman–Crippen MR) is 109 cm³/mol. The number of ether oxygens (including phenoxy) is 2. The molecule has 21 heteroatoms. The van der Waals surface area contributed by atoms with Crippen LogP contribution in [0.4, 0.5) is 0 Å². The van der Waals surface area contributed by atoms with E-state index >= 15 is 0 Å². The van der Waals surface area contributed by atoms with Crippen LogP contribution in [-0.4, -0.2) is 112 Å². The Hall–Kier alpha value is -1.38. The molecule has 1 aromatic heterocycles. The van der Waals surface area contributed by atoms with E-state index in [0.29, 0.717) is 0 Å². The van der Waals surface area contributed by atoms with E-state index in [1.54, 1.807) is 0 Å². The molecule has 36 heavy (non-hydrogen) atoms. The summed E-state index contributed by atoms with van der Waals surface area (Å²) < 4.78 is 48.1. The van der Waals surface area contributed by atoms with Crippen molar-refractivity contribution >= 4 is 15.6 Å². The normalized spacial score (nSPS) is 38.4. The van der Waals surface area contributed by atoms with Crippen LogP contribution in [0.1, 0.15) is 6.23 Å². The summed E-state index contributed by atoms with van der Waals surface area (Å²) in [5, 5.41) is 58.6. The third kappa shape index (κ3) is 6.54. The lowest BCUT2D eigenvalue weighted by Crippen LogP contribution is -2.58. The maximum atomic E-state index is 12.2. The molecule has 0 aromatic carbocycles. The molecule has 9 N–H and O–H groups in total. The van der Waals surface area contributed by atoms with E-state index in [9.17, 15) is 54.0 Å². The maximum absolute atomic E-state index is 12.2. The van der Waals surface area contributed by atoms with Crippen molar-refractivity contribution in [3.63, 3.8) is 0 Å². The second-order valence-corrected chi connectivity index (χ2v) is 10.7. The summed E-state index contributed by atoms with van der Waals surface area (Å²) in [6, 6.07) is 0.928. The molecule has 0 amide bonds. The van der Waals surface area contributed by atoms with Gasteiger partial charge in [-0.25, -0.2) is 13.9 Å². The predicted octanol–water partition coefficient (Wildman–Crippen LogP) is -4.79. The molecule has 1 aromatic rings. The zero-order valence-electron chi connectivity index (χ0n) is 17.9. The van der Waals surface area contributed by atoms with Gasteiger partial charge in [0.15, 0.2) is 12.5 Å². The van der Waals surface area contributed by atoms with Crippen LogP contribution < -0.4 is 11.2 Å². The number of aromatic nitrogens is 2. The van der Waals surface area contributed by atoms with Gasteiger partial charge in [0.25, 0.3) is 5.56 Å². The fraction of sp³-hybridized carbons (Fsp3) is 0.733. The van der Waals surface area contributed by atoms with Crippen LogP contribution in [0.5, 0.6) is 0 Å². The summed E-state index contributed by atoms with van der Waals surface area (Å²) in [4.78, 5) is 44.5. The van der Waals surface area contributed by atoms with E-state index < -0.39 is 95.4 Å². The smallest absolute Gasteiger partial charge is 0.394 e. The number of nitrogens with one attached hydrogen (secondary N) is 1. The number of aliphatic hydroxyl groups is 6. The number of nitrogens with zero attached hydrogens (tertiary/aromatic N) is 1. The SMILES string of the molecule is O=c1ccn([C@@H]2O[C@H](COP(=O)(O)OP(=O)(O)OC3OC(CO)C(O)C(O)C3O)[C@@H](O)[C@H]2O)c(=O)[nH]1. The second-order valence-electron chi connectivity index (χ2n) is 7.68. The van der Waals surface area contributed by atoms with Crippen molar-refractivity contribution in [3.05, 3.63) is 33.1 Å². The first-order valence-electron chi connectivity index (χ1n) is 9.99. The molecule has 2 aliphatic rings. The number of hydrogen-bond acceptors (Lipinski definition) is 15. The third-order valence-electron chi connectivity index (χ3n) is 5.16. The summed E-state index contributed by atoms with van der Waals surface area (Å²) in [6.07, 6.45) is -15.4. The van der Waals surface area contributed by atoms with Crippen LogP contribution in [0.25, 0.3) is 0 Å². The minimum Gasteiger partial charge on any atom is -0.394 e. The molecule has 0 spiro atoms. The molecular weight excluding hydrogens is 542 g/mol. The molecule has 206 valence electrons. The Morgan fingerprint density at radius 3 is 2.17 bits per heavy atom. The highest BCUT2D eigenvalue weighted by atomic mass is 31.3. The molecule has 2 aliphatic heterocycles. The Balaban J connectivity index is 1.61. The van der Waals surface area contributed by atoms with Gasteiger partial charge >= 0.3 is 21.3 Å². The maximum Gasteiger partial charge on any atom is 0.483 e. The highest BCUT2D eigenvalue weighted by molar-refractivity contribution is 7.61. The first-order valence-corrected chi connectivity index (χ1v) is 13.0. The quantitative estimate of drug-likeness (QED) is 0.127. The standard InChI is InChI=1S/C15H24N2O17P2/c18-3-5-8(20)10(22)12(24)14(32-5)33-36(28,29)34-35(26,27)30-4-6-9(21)11(23)13(31-6)17-2-1-7(19)16-15(17)25/h1-2,5-6,8-14,18,20-24H,3-4H2,(H,26,27)(H,28,29)(H,16,19,25)/t5?,6-,8?,9-,10?,11-,12?,13-,14?/m1/s1. The monoisotopic (exact) mass is 566 g/mol. The van der Waals surface area contributed by atoms with Crippen LogP contribution in [0, 0.1) is 0 Å². The molecule has 0 radical (unpaired) electrons. The Kier molecular flexibility index (Phi) is 9.05. The number of rotatable bonds is 9. The van der Waals surface area contributed by atoms with E-state index in [1.165, 1.54) is 0 Å². The molecule has 2 fully saturated rings. The van der Waals surface area contributed by atoms with Gasteiger partial charge in [-0.3, -0.25) is 23.4 Å². The van der Waals surface area contributed by atoms with Gasteiger partial charge in [-0.15, -0.1) is 0 Å². The Labute approximate surface area is 199 Å². The lowest BCUT2D eigenvalue weighted by molar-refractivity contribution is -0.280. The van der Waals surface area contributed by atoms with Gasteiger partial charge in [-0.1, -0.05) is 0 Å². The van der Waals surface area contributed by atoms with Crippen LogP contribution >= 0.6 is 15.6 Å². The fourth-order valence-corrected chi connectivity index (χ4v) is 5.51. The molecular formula is C15H24N2O17P2. The average molecular weight is 566 g/mol. The van der Waals surface area contributed by atoms with Crippen LogP contribution in [-0.2, 0) is 32.0 Å². The third-order valence-corrected chi connectivity index (χ3v) is 7.76. The van der Waals surface area contributed by atoms with Crippen molar-refractivity contribution < 1.29 is 72.4 Å². The van der Waals surface area contributed by atoms with Gasteiger partial charge in [0, 0.05) is 12.3 Å². The average Bonchev–Trinajstić information content (AvgIpc) is 3.06. The first kappa shape index (κ1) is 29.2. The van der Waals surface area contributed by atoms with E-state index in [2.05, 4.69) is 13.4 Å². The lowest BCUT2D eigenvalue weighted by Gasteiger charge is -2.39. The minimum absolute atomic E-state index is 0.723. The van der Waals surface area contributed by atoms with Crippen molar-refractivity contribution in [2.45, 2.75) is 55.2 Å². The minimum atomic E-state index is -5.59. The van der Waals surface area contributed by atoms with E-state index in [0.717, 1.165) is 16.8 Å². The Morgan fingerprint density at radius 2 is 1.56 bits per heavy atom. The zero-order chi connectivity index (χ0) is 27.0. The Bertz CT molecular complexity index is 1120. The largest absolute Gasteiger partial charge is 0.483 e. The summed E-state index contributed by atoms with van der Waals surface area (Å²) >= 11 is 0. The van der Waals surface area contributed by atoms with Gasteiger partial charge in [0.05, 0.1) is 13.2 Å². The van der Waals surface area contributed by atoms with Gasteiger partial charge in [-0.2, -0.15) is 4.31 Å². The van der Waals surface area contributed by atoms with E-state index in [-0.39, 0.29) is 0 Å². The molecule has 2 saturated heterocycles. The second kappa shape index (κ2) is 11.2. The number of phosphoric acid groups is 2. The van der Waals surface area contributed by atoms with Crippen LogP contribution in [0.2, 0.25) is 0 Å². The number of H-pyrrole nitrogens is 1. The fourth-order valence-electron chi connectivity index (χ4n) is 3.35. The van der Waals surface area contributed by atoms with Crippen molar-refractivity contribution in [2.24, 2.45) is 0 Å². The van der Waals surface area contributed by atoms with Crippen molar-refractivity contribution in [1.82, 2.24) is 9.55 Å². The van der Waals surface area contributed by atoms with Crippen molar-refractivity contribution in [2.75, 3.05) is 13.2 Å². The summed E-state index contributed by atoms with van der Waals surface area (Å²) in [5.41, 5.74) is -1.75. The molecule has 0 aliphatic carbocycles. The number of aromatic amines is 1. The number of hydrogen-bond donors (Lipinski definition) is 9. The number of aliphatic hydroxyl groups excluding tert-OH is 6. The van der Waals surface area contributed by atoms with Gasteiger partial charge in [0.1, 0.15) is 42.7 Å². The van der Waals surface area contributed by atoms with Gasteiger partial charge in [-0.05, 0) is 0 Å². The highest BCUT2D eigenvalue weighted by Crippen LogP contribution is 2.61. The number of phosphoric ester groups is 2. The lowest BCUT2D eigenvalue weighted by atomic mass is 10.00. The molecule has 0 bridgehead atoms. The topological polar surface area (TPSA) is 297 Å². The summed E-state index contributed by atoms with van der Waals surface area (Å²) in [7, 11) is -11.1. The summed E-state index contributed by atoms with van der Waals surface area (Å²) in [6.45, 7) is -1.93. The molecule has 0 saturated carbocycles. The van der Waals surface area contributed by atoms with Crippen molar-refractivity contribution in [3.8, 4) is 0 Å². The molecule has 7 unspecified atom stereocenters. The molecule has 11 atom stereocenters. The molecule has 3 rings (SSSR count). The highest BCUT2D eigenvalue weighted by Gasteiger charge is 2.49. The van der Waals surface area contributed by atoms with E-state index in [1.807, 2.05) is 4.98 Å². The first-order chi connectivity index (χ1) is 16.7. The van der Waals surface area contributed by atoms with Crippen LogP contribution in [0.15, 0.2) is 21.9 Å². The van der Waals surface area contributed by atoms with E-state index in [4.69, 9.17) is 14.6 Å². The van der Waals surface area contributed by atoms with Crippen molar-refractivity contribution in [1.29, 1.82) is 0 Å². The molecule has 3 heterocycles. The molecule has 19 nitrogen and oxygen atoms in total. The van der Waals surface area contributed by atoms with Gasteiger partial charge < -0.3 is 49.9 Å². The van der Waals surface area contributed by atoms with Gasteiger partial charge in [0.2, 0.25) is 0 Å². The Morgan fingerprint density at radius 1 is 0.917 bits per heavy atom.